The van der Waals surface area contributed by atoms with Crippen LogP contribution in [0.5, 0.6) is 0 Å². The van der Waals surface area contributed by atoms with Crippen molar-refractivity contribution in [3.63, 3.8) is 0 Å². The molecule has 0 aliphatic carbocycles. The molecule has 0 aromatic heterocycles. The van der Waals surface area contributed by atoms with Gasteiger partial charge in [-0.2, -0.15) is 0 Å². The number of primary amides is 2. The molecule has 0 fully saturated rings. The number of aliphatic carboxylic acids is 1. The van der Waals surface area contributed by atoms with E-state index in [1.54, 1.807) is 30.3 Å². The molecular formula is C20H28N6O7. The van der Waals surface area contributed by atoms with Crippen molar-refractivity contribution in [2.75, 3.05) is 6.54 Å². The molecule has 0 heterocycles. The maximum absolute atomic E-state index is 12.8. The van der Waals surface area contributed by atoms with Crippen molar-refractivity contribution in [1.82, 2.24) is 16.0 Å². The van der Waals surface area contributed by atoms with E-state index in [0.29, 0.717) is 5.56 Å². The molecular weight excluding hydrogens is 436 g/mol. The zero-order chi connectivity index (χ0) is 25.0. The zero-order valence-corrected chi connectivity index (χ0v) is 17.8. The van der Waals surface area contributed by atoms with Crippen molar-refractivity contribution in [3.05, 3.63) is 35.9 Å². The fraction of sp³-hybridized carbons (Fsp3) is 0.400. The summed E-state index contributed by atoms with van der Waals surface area (Å²) in [6, 6.07) is 4.42. The van der Waals surface area contributed by atoms with Gasteiger partial charge in [0.1, 0.15) is 18.1 Å². The molecule has 0 spiro atoms. The van der Waals surface area contributed by atoms with E-state index in [2.05, 4.69) is 16.0 Å². The molecule has 1 rings (SSSR count). The molecule has 0 saturated carbocycles. The third kappa shape index (κ3) is 10.2. The fourth-order valence-electron chi connectivity index (χ4n) is 2.81. The first kappa shape index (κ1) is 27.0. The summed E-state index contributed by atoms with van der Waals surface area (Å²) in [5.74, 6) is -5.50. The van der Waals surface area contributed by atoms with Crippen molar-refractivity contribution in [3.8, 4) is 0 Å². The molecule has 180 valence electrons. The van der Waals surface area contributed by atoms with Gasteiger partial charge in [0.2, 0.25) is 29.5 Å². The number of hydrogen-bond acceptors (Lipinski definition) is 7. The highest BCUT2D eigenvalue weighted by molar-refractivity contribution is 5.94. The number of hydrogen-bond donors (Lipinski definition) is 7. The highest BCUT2D eigenvalue weighted by Gasteiger charge is 2.30. The Morgan fingerprint density at radius 2 is 1.39 bits per heavy atom. The van der Waals surface area contributed by atoms with Gasteiger partial charge in [-0.25, -0.2) is 4.79 Å². The van der Waals surface area contributed by atoms with Crippen LogP contribution in [0.4, 0.5) is 0 Å². The average molecular weight is 464 g/mol. The van der Waals surface area contributed by atoms with Crippen molar-refractivity contribution in [2.45, 2.75) is 43.8 Å². The van der Waals surface area contributed by atoms with E-state index in [-0.39, 0.29) is 19.3 Å². The summed E-state index contributed by atoms with van der Waals surface area (Å²) in [6.07, 6.45) is -1.06. The van der Waals surface area contributed by atoms with Gasteiger partial charge in [0.15, 0.2) is 0 Å². The number of carbonyl (C=O) groups excluding carboxylic acids is 5. The molecule has 0 bridgehead atoms. The Bertz CT molecular complexity index is 877. The van der Waals surface area contributed by atoms with E-state index in [4.69, 9.17) is 17.2 Å². The Labute approximate surface area is 189 Å². The Hall–Kier alpha value is -4.00. The van der Waals surface area contributed by atoms with Gasteiger partial charge in [-0.3, -0.25) is 24.0 Å². The molecule has 5 amide bonds. The molecule has 10 N–H and O–H groups in total. The smallest absolute Gasteiger partial charge is 0.326 e. The van der Waals surface area contributed by atoms with Gasteiger partial charge in [0.25, 0.3) is 0 Å². The van der Waals surface area contributed by atoms with Gasteiger partial charge < -0.3 is 38.3 Å². The second kappa shape index (κ2) is 13.4. The topological polar surface area (TPSA) is 237 Å². The largest absolute Gasteiger partial charge is 0.480 e. The van der Waals surface area contributed by atoms with Crippen LogP contribution in [0.1, 0.15) is 24.8 Å². The second-order valence-corrected chi connectivity index (χ2v) is 7.15. The molecule has 0 aliphatic heterocycles. The summed E-state index contributed by atoms with van der Waals surface area (Å²) in [4.78, 5) is 71.0. The quantitative estimate of drug-likeness (QED) is 0.148. The lowest BCUT2D eigenvalue weighted by Crippen LogP contribution is -2.57. The SMILES string of the molecule is NCC(=O)NC(CCC(N)=O)C(=O)NC(Cc1ccccc1)C(=O)NC(CC(N)=O)C(=O)O. The maximum Gasteiger partial charge on any atom is 0.326 e. The number of carboxylic acids is 1. The lowest BCUT2D eigenvalue weighted by Gasteiger charge is -2.24. The first-order valence-corrected chi connectivity index (χ1v) is 9.97. The van der Waals surface area contributed by atoms with Gasteiger partial charge in [-0.05, 0) is 12.0 Å². The molecule has 13 heteroatoms. The number of carbonyl (C=O) groups is 6. The van der Waals surface area contributed by atoms with Gasteiger partial charge in [0, 0.05) is 12.8 Å². The molecule has 33 heavy (non-hydrogen) atoms. The van der Waals surface area contributed by atoms with Crippen LogP contribution in [0.15, 0.2) is 30.3 Å². The van der Waals surface area contributed by atoms with E-state index in [1.807, 2.05) is 0 Å². The van der Waals surface area contributed by atoms with Crippen LogP contribution in [-0.4, -0.2) is 65.3 Å². The molecule has 0 saturated heterocycles. The minimum absolute atomic E-state index is 0.0330. The van der Waals surface area contributed by atoms with Crippen LogP contribution in [0.2, 0.25) is 0 Å². The van der Waals surface area contributed by atoms with E-state index in [0.717, 1.165) is 0 Å². The summed E-state index contributed by atoms with van der Waals surface area (Å²) in [5, 5.41) is 16.2. The summed E-state index contributed by atoms with van der Waals surface area (Å²) in [6.45, 7) is -0.415. The fourth-order valence-corrected chi connectivity index (χ4v) is 2.81. The lowest BCUT2D eigenvalue weighted by atomic mass is 10.0. The predicted molar refractivity (Wildman–Crippen MR) is 115 cm³/mol. The Morgan fingerprint density at radius 1 is 0.818 bits per heavy atom. The maximum atomic E-state index is 12.8. The number of nitrogens with one attached hydrogen (secondary N) is 3. The number of nitrogens with two attached hydrogens (primary N) is 3. The number of amides is 5. The monoisotopic (exact) mass is 464 g/mol. The van der Waals surface area contributed by atoms with Gasteiger partial charge >= 0.3 is 5.97 Å². The predicted octanol–water partition coefficient (Wildman–Crippen LogP) is -3.13. The van der Waals surface area contributed by atoms with E-state index in [1.165, 1.54) is 0 Å². The summed E-state index contributed by atoms with van der Waals surface area (Å²) < 4.78 is 0. The molecule has 0 aliphatic rings. The van der Waals surface area contributed by atoms with E-state index in [9.17, 15) is 33.9 Å². The number of carboxylic acid groups (broad SMARTS) is 1. The number of rotatable bonds is 14. The zero-order valence-electron chi connectivity index (χ0n) is 17.8. The Balaban J connectivity index is 3.09. The molecule has 1 aromatic rings. The van der Waals surface area contributed by atoms with Crippen LogP contribution in [-0.2, 0) is 35.2 Å². The van der Waals surface area contributed by atoms with Crippen molar-refractivity contribution >= 4 is 35.5 Å². The minimum Gasteiger partial charge on any atom is -0.480 e. The highest BCUT2D eigenvalue weighted by atomic mass is 16.4. The van der Waals surface area contributed by atoms with Crippen LogP contribution in [0, 0.1) is 0 Å². The highest BCUT2D eigenvalue weighted by Crippen LogP contribution is 2.06. The average Bonchev–Trinajstić information content (AvgIpc) is 2.75. The van der Waals surface area contributed by atoms with Crippen LogP contribution >= 0.6 is 0 Å². The second-order valence-electron chi connectivity index (χ2n) is 7.15. The first-order valence-electron chi connectivity index (χ1n) is 9.97. The third-order valence-corrected chi connectivity index (χ3v) is 4.45. The molecule has 1 aromatic carbocycles. The Kier molecular flexibility index (Phi) is 11.0. The molecule has 0 radical (unpaired) electrons. The summed E-state index contributed by atoms with van der Waals surface area (Å²) in [5.41, 5.74) is 16.0. The number of benzene rings is 1. The standard InChI is InChI=1S/C20H28N6O7/c21-10-17(29)24-12(6-7-15(22)27)18(30)25-13(8-11-4-2-1-3-5-11)19(31)26-14(20(32)33)9-16(23)28/h1-5,12-14H,6-10,21H2,(H2,22,27)(H2,23,28)(H,24,29)(H,25,30)(H,26,31)(H,32,33). The third-order valence-electron chi connectivity index (χ3n) is 4.45. The van der Waals surface area contributed by atoms with Crippen LogP contribution < -0.4 is 33.2 Å². The van der Waals surface area contributed by atoms with Crippen LogP contribution in [0.25, 0.3) is 0 Å². The first-order chi connectivity index (χ1) is 15.5. The summed E-state index contributed by atoms with van der Waals surface area (Å²) >= 11 is 0. The van der Waals surface area contributed by atoms with E-state index < -0.39 is 66.6 Å². The van der Waals surface area contributed by atoms with Crippen LogP contribution in [0.3, 0.4) is 0 Å². The van der Waals surface area contributed by atoms with Gasteiger partial charge in [-0.15, -0.1) is 0 Å². The van der Waals surface area contributed by atoms with Crippen molar-refractivity contribution in [1.29, 1.82) is 0 Å². The summed E-state index contributed by atoms with van der Waals surface area (Å²) in [7, 11) is 0. The molecule has 3 atom stereocenters. The minimum atomic E-state index is -1.60. The van der Waals surface area contributed by atoms with Gasteiger partial charge in [0.05, 0.1) is 13.0 Å². The molecule has 13 nitrogen and oxygen atoms in total. The van der Waals surface area contributed by atoms with Crippen molar-refractivity contribution in [2.24, 2.45) is 17.2 Å². The Morgan fingerprint density at radius 3 is 1.91 bits per heavy atom. The molecule has 3 unspecified atom stereocenters. The van der Waals surface area contributed by atoms with Crippen molar-refractivity contribution < 1.29 is 33.9 Å². The van der Waals surface area contributed by atoms with Gasteiger partial charge in [-0.1, -0.05) is 30.3 Å². The van der Waals surface area contributed by atoms with E-state index >= 15 is 0 Å². The normalized spacial score (nSPS) is 13.1. The lowest BCUT2D eigenvalue weighted by molar-refractivity contribution is -0.143.